The first-order chi connectivity index (χ1) is 7.59. The van der Waals surface area contributed by atoms with E-state index in [9.17, 15) is 14.9 Å². The molecular weight excluding hydrogens is 232 g/mol. The van der Waals surface area contributed by atoms with Gasteiger partial charge in [-0.3, -0.25) is 15.5 Å². The van der Waals surface area contributed by atoms with E-state index in [1.807, 2.05) is 0 Å². The van der Waals surface area contributed by atoms with Crippen LogP contribution in [-0.4, -0.2) is 21.9 Å². The molecule has 0 unspecified atom stereocenters. The standard InChI is InChI=1S/C8H10N4O3S/c1-6(13)3-2-4-10-11-8-9-5-7(16-8)12(14)15/h4-5H,2-3H2,1H3,(H,9,11)/b10-4-. The van der Waals surface area contributed by atoms with Crippen LogP contribution in [0, 0.1) is 10.1 Å². The lowest BCUT2D eigenvalue weighted by atomic mass is 10.2. The van der Waals surface area contributed by atoms with Gasteiger partial charge in [-0.25, -0.2) is 4.98 Å². The van der Waals surface area contributed by atoms with Gasteiger partial charge in [0.1, 0.15) is 12.0 Å². The third-order valence-corrected chi connectivity index (χ3v) is 2.40. The van der Waals surface area contributed by atoms with Crippen LogP contribution in [0.2, 0.25) is 0 Å². The summed E-state index contributed by atoms with van der Waals surface area (Å²) in [5.74, 6) is 0.0938. The smallest absolute Gasteiger partial charge is 0.300 e. The number of nitrogens with zero attached hydrogens (tertiary/aromatic N) is 3. The number of rotatable bonds is 6. The molecule has 1 N–H and O–H groups in total. The van der Waals surface area contributed by atoms with Crippen LogP contribution in [0.4, 0.5) is 10.1 Å². The molecule has 1 aromatic rings. The highest BCUT2D eigenvalue weighted by Gasteiger charge is 2.10. The van der Waals surface area contributed by atoms with E-state index >= 15 is 0 Å². The minimum absolute atomic E-state index is 0.0403. The van der Waals surface area contributed by atoms with E-state index in [1.165, 1.54) is 13.1 Å². The quantitative estimate of drug-likeness (QED) is 0.466. The molecule has 1 heterocycles. The van der Waals surface area contributed by atoms with Crippen molar-refractivity contribution in [2.45, 2.75) is 19.8 Å². The van der Waals surface area contributed by atoms with Crippen LogP contribution >= 0.6 is 11.3 Å². The predicted molar refractivity (Wildman–Crippen MR) is 60.8 cm³/mol. The van der Waals surface area contributed by atoms with E-state index in [0.29, 0.717) is 18.0 Å². The van der Waals surface area contributed by atoms with E-state index < -0.39 is 4.92 Å². The Morgan fingerprint density at radius 3 is 3.12 bits per heavy atom. The third kappa shape index (κ3) is 4.13. The minimum atomic E-state index is -0.512. The molecule has 0 saturated heterocycles. The van der Waals surface area contributed by atoms with E-state index in [0.717, 1.165) is 17.5 Å². The Morgan fingerprint density at radius 1 is 1.81 bits per heavy atom. The molecule has 0 radical (unpaired) electrons. The summed E-state index contributed by atoms with van der Waals surface area (Å²) in [6.45, 7) is 1.51. The first-order valence-corrected chi connectivity index (χ1v) is 5.28. The van der Waals surface area contributed by atoms with Gasteiger partial charge in [0.25, 0.3) is 0 Å². The van der Waals surface area contributed by atoms with Gasteiger partial charge in [0.05, 0.1) is 4.92 Å². The number of thiazole rings is 1. The number of nitrogens with one attached hydrogen (secondary N) is 1. The van der Waals surface area contributed by atoms with Crippen molar-refractivity contribution >= 4 is 33.5 Å². The zero-order chi connectivity index (χ0) is 12.0. The van der Waals surface area contributed by atoms with Gasteiger partial charge in [0.2, 0.25) is 5.13 Å². The number of nitro groups is 1. The molecule has 0 amide bonds. The Morgan fingerprint density at radius 2 is 2.56 bits per heavy atom. The van der Waals surface area contributed by atoms with Gasteiger partial charge in [-0.1, -0.05) is 0 Å². The molecule has 0 saturated carbocycles. The van der Waals surface area contributed by atoms with Gasteiger partial charge in [-0.2, -0.15) is 5.10 Å². The first-order valence-electron chi connectivity index (χ1n) is 4.47. The molecule has 0 bridgehead atoms. The Labute approximate surface area is 95.3 Å². The summed E-state index contributed by atoms with van der Waals surface area (Å²) in [4.78, 5) is 24.2. The zero-order valence-electron chi connectivity index (χ0n) is 8.54. The SMILES string of the molecule is CC(=O)CC/C=N\Nc1ncc([N+](=O)[O-])s1. The largest absolute Gasteiger partial charge is 0.345 e. The van der Waals surface area contributed by atoms with Crippen molar-refractivity contribution < 1.29 is 9.72 Å². The number of aromatic nitrogens is 1. The normalized spacial score (nSPS) is 10.6. The van der Waals surface area contributed by atoms with E-state index in [2.05, 4.69) is 15.5 Å². The molecule has 0 aliphatic rings. The number of hydrogen-bond donors (Lipinski definition) is 1. The number of hydrazone groups is 1. The molecule has 1 rings (SSSR count). The number of carbonyl (C=O) groups is 1. The fourth-order valence-electron chi connectivity index (χ4n) is 0.835. The Balaban J connectivity index is 2.36. The lowest BCUT2D eigenvalue weighted by Gasteiger charge is -1.91. The van der Waals surface area contributed by atoms with Crippen LogP contribution in [0.25, 0.3) is 0 Å². The second-order valence-electron chi connectivity index (χ2n) is 2.92. The van der Waals surface area contributed by atoms with E-state index in [1.54, 1.807) is 0 Å². The molecule has 86 valence electrons. The molecule has 0 fully saturated rings. The maximum atomic E-state index is 10.6. The fourth-order valence-corrected chi connectivity index (χ4v) is 1.42. The van der Waals surface area contributed by atoms with E-state index in [-0.39, 0.29) is 10.8 Å². The van der Waals surface area contributed by atoms with E-state index in [4.69, 9.17) is 0 Å². The Kier molecular flexibility index (Phi) is 4.52. The van der Waals surface area contributed by atoms with Crippen LogP contribution in [-0.2, 0) is 4.79 Å². The molecule has 1 aromatic heterocycles. The molecule has 7 nitrogen and oxygen atoms in total. The molecule has 0 spiro atoms. The number of hydrogen-bond acceptors (Lipinski definition) is 7. The highest BCUT2D eigenvalue weighted by atomic mass is 32.1. The summed E-state index contributed by atoms with van der Waals surface area (Å²) in [5, 5.41) is 14.4. The van der Waals surface area contributed by atoms with Crippen LogP contribution in [0.1, 0.15) is 19.8 Å². The highest BCUT2D eigenvalue weighted by Crippen LogP contribution is 2.24. The van der Waals surface area contributed by atoms with Gasteiger partial charge < -0.3 is 4.79 Å². The molecular formula is C8H10N4O3S. The number of Topliss-reactive ketones (excluding diaryl/α,β-unsaturated/α-hetero) is 1. The molecule has 0 aliphatic heterocycles. The maximum absolute atomic E-state index is 10.6. The lowest BCUT2D eigenvalue weighted by Crippen LogP contribution is -1.92. The Hall–Kier alpha value is -1.83. The fraction of sp³-hybridized carbons (Fsp3) is 0.375. The zero-order valence-corrected chi connectivity index (χ0v) is 9.36. The molecule has 8 heteroatoms. The average molecular weight is 242 g/mol. The molecule has 0 atom stereocenters. The van der Waals surface area contributed by atoms with Crippen LogP contribution < -0.4 is 5.43 Å². The maximum Gasteiger partial charge on any atom is 0.345 e. The number of anilines is 1. The predicted octanol–water partition coefficient (Wildman–Crippen LogP) is 1.82. The molecule has 0 aliphatic carbocycles. The molecule has 0 aromatic carbocycles. The van der Waals surface area contributed by atoms with Crippen LogP contribution in [0.5, 0.6) is 0 Å². The van der Waals surface area contributed by atoms with Gasteiger partial charge in [-0.15, -0.1) is 0 Å². The second kappa shape index (κ2) is 5.91. The summed E-state index contributed by atoms with van der Waals surface area (Å²) in [6.07, 6.45) is 3.67. The summed E-state index contributed by atoms with van der Waals surface area (Å²) >= 11 is 0.903. The van der Waals surface area contributed by atoms with Crippen LogP contribution in [0.3, 0.4) is 0 Å². The van der Waals surface area contributed by atoms with Crippen molar-refractivity contribution in [3.05, 3.63) is 16.3 Å². The van der Waals surface area contributed by atoms with Crippen molar-refractivity contribution in [2.24, 2.45) is 5.10 Å². The Bertz CT molecular complexity index is 415. The summed E-state index contributed by atoms with van der Waals surface area (Å²) in [7, 11) is 0. The third-order valence-electron chi connectivity index (χ3n) is 1.55. The topological polar surface area (TPSA) is 97.5 Å². The van der Waals surface area contributed by atoms with Crippen LogP contribution in [0.15, 0.2) is 11.3 Å². The van der Waals surface area contributed by atoms with Crippen molar-refractivity contribution in [3.8, 4) is 0 Å². The average Bonchev–Trinajstić information content (AvgIpc) is 2.65. The first kappa shape index (κ1) is 12.2. The summed E-state index contributed by atoms with van der Waals surface area (Å²) in [6, 6.07) is 0. The number of ketones is 1. The van der Waals surface area contributed by atoms with Gasteiger partial charge >= 0.3 is 5.00 Å². The summed E-state index contributed by atoms with van der Waals surface area (Å²) < 4.78 is 0. The minimum Gasteiger partial charge on any atom is -0.300 e. The van der Waals surface area contributed by atoms with Crippen molar-refractivity contribution in [1.82, 2.24) is 4.98 Å². The van der Waals surface area contributed by atoms with Gasteiger partial charge in [0, 0.05) is 12.6 Å². The lowest BCUT2D eigenvalue weighted by molar-refractivity contribution is -0.380. The van der Waals surface area contributed by atoms with Gasteiger partial charge in [0.15, 0.2) is 0 Å². The highest BCUT2D eigenvalue weighted by molar-refractivity contribution is 7.18. The summed E-state index contributed by atoms with van der Waals surface area (Å²) in [5.41, 5.74) is 2.55. The number of carbonyl (C=O) groups excluding carboxylic acids is 1. The van der Waals surface area contributed by atoms with Gasteiger partial charge in [-0.05, 0) is 24.7 Å². The molecule has 16 heavy (non-hydrogen) atoms. The van der Waals surface area contributed by atoms with Crippen molar-refractivity contribution in [2.75, 3.05) is 5.43 Å². The van der Waals surface area contributed by atoms with Crippen molar-refractivity contribution in [3.63, 3.8) is 0 Å². The monoisotopic (exact) mass is 242 g/mol. The second-order valence-corrected chi connectivity index (χ2v) is 3.93. The van der Waals surface area contributed by atoms with Crippen molar-refractivity contribution in [1.29, 1.82) is 0 Å².